The minimum absolute atomic E-state index is 0.165. The molecule has 6 heteroatoms. The number of oxime groups is 1. The summed E-state index contributed by atoms with van der Waals surface area (Å²) in [7, 11) is 0. The number of carbonyl (C=O) groups is 1. The highest BCUT2D eigenvalue weighted by molar-refractivity contribution is 6.11. The zero-order valence-corrected chi connectivity index (χ0v) is 15.6. The van der Waals surface area contributed by atoms with Crippen molar-refractivity contribution >= 4 is 11.5 Å². The van der Waals surface area contributed by atoms with E-state index in [1.54, 1.807) is 44.3 Å². The number of ether oxygens (including phenoxy) is 2. The van der Waals surface area contributed by atoms with E-state index in [1.165, 1.54) is 0 Å². The molecule has 0 spiro atoms. The average Bonchev–Trinajstić information content (AvgIpc) is 2.66. The fourth-order valence-electron chi connectivity index (χ4n) is 2.36. The molecular weight excluding hydrogens is 332 g/mol. The molecular formula is C20H24N2O4. The normalized spacial score (nSPS) is 10.7. The van der Waals surface area contributed by atoms with E-state index in [4.69, 9.17) is 14.3 Å². The standard InChI is InChI=1S/C20H24N2O4/c1-5-24-20(25-6-2)16-11-8-7-10-15(16)18(23)17-12-9-13-21-19(17)26-22-14(3)4/h7-13,20H,5-6H2,1-4H3. The van der Waals surface area contributed by atoms with E-state index >= 15 is 0 Å². The highest BCUT2D eigenvalue weighted by Gasteiger charge is 2.23. The summed E-state index contributed by atoms with van der Waals surface area (Å²) in [4.78, 5) is 22.6. The molecule has 1 heterocycles. The van der Waals surface area contributed by atoms with Gasteiger partial charge < -0.3 is 14.3 Å². The highest BCUT2D eigenvalue weighted by Crippen LogP contribution is 2.27. The van der Waals surface area contributed by atoms with Crippen LogP contribution >= 0.6 is 0 Å². The van der Waals surface area contributed by atoms with Crippen molar-refractivity contribution in [3.8, 4) is 5.88 Å². The van der Waals surface area contributed by atoms with E-state index < -0.39 is 6.29 Å². The first kappa shape index (κ1) is 19.8. The second-order valence-electron chi connectivity index (χ2n) is 5.64. The first-order chi connectivity index (χ1) is 12.6. The number of ketones is 1. The molecule has 0 N–H and O–H groups in total. The molecule has 0 aliphatic carbocycles. The molecule has 1 aromatic heterocycles. The van der Waals surface area contributed by atoms with Crippen molar-refractivity contribution in [2.75, 3.05) is 13.2 Å². The smallest absolute Gasteiger partial charge is 0.259 e. The van der Waals surface area contributed by atoms with Crippen LogP contribution in [0.3, 0.4) is 0 Å². The van der Waals surface area contributed by atoms with Crippen LogP contribution in [0.25, 0.3) is 0 Å². The van der Waals surface area contributed by atoms with Crippen molar-refractivity contribution in [1.29, 1.82) is 0 Å². The van der Waals surface area contributed by atoms with Gasteiger partial charge in [-0.2, -0.15) is 0 Å². The fraction of sp³-hybridized carbons (Fsp3) is 0.350. The van der Waals surface area contributed by atoms with Crippen molar-refractivity contribution in [2.24, 2.45) is 5.16 Å². The van der Waals surface area contributed by atoms with Crippen LogP contribution in [0.4, 0.5) is 0 Å². The molecule has 26 heavy (non-hydrogen) atoms. The number of pyridine rings is 1. The summed E-state index contributed by atoms with van der Waals surface area (Å²) in [5.41, 5.74) is 2.21. The van der Waals surface area contributed by atoms with Crippen molar-refractivity contribution in [3.05, 3.63) is 59.3 Å². The van der Waals surface area contributed by atoms with Crippen LogP contribution in [0.2, 0.25) is 0 Å². The Hall–Kier alpha value is -2.57. The van der Waals surface area contributed by atoms with Gasteiger partial charge in [-0.1, -0.05) is 29.4 Å². The Bertz CT molecular complexity index is 764. The number of hydrogen-bond donors (Lipinski definition) is 0. The van der Waals surface area contributed by atoms with Gasteiger partial charge in [0, 0.05) is 30.5 Å². The van der Waals surface area contributed by atoms with Crippen LogP contribution in [0, 0.1) is 0 Å². The average molecular weight is 356 g/mol. The predicted octanol–water partition coefficient (Wildman–Crippen LogP) is 4.16. The number of rotatable bonds is 9. The molecule has 1 aromatic carbocycles. The van der Waals surface area contributed by atoms with Gasteiger partial charge in [0.25, 0.3) is 5.88 Å². The maximum atomic E-state index is 13.2. The van der Waals surface area contributed by atoms with Gasteiger partial charge in [-0.25, -0.2) is 4.98 Å². The molecule has 0 radical (unpaired) electrons. The van der Waals surface area contributed by atoms with E-state index in [-0.39, 0.29) is 11.7 Å². The number of nitrogens with zero attached hydrogens (tertiary/aromatic N) is 2. The molecule has 0 atom stereocenters. The maximum Gasteiger partial charge on any atom is 0.259 e. The fourth-order valence-corrected chi connectivity index (χ4v) is 2.36. The Morgan fingerprint density at radius 1 is 1.04 bits per heavy atom. The third-order valence-electron chi connectivity index (χ3n) is 3.43. The number of hydrogen-bond acceptors (Lipinski definition) is 6. The monoisotopic (exact) mass is 356 g/mol. The van der Waals surface area contributed by atoms with Crippen LogP contribution in [0.15, 0.2) is 47.8 Å². The summed E-state index contributed by atoms with van der Waals surface area (Å²) in [5.74, 6) is -0.0602. The van der Waals surface area contributed by atoms with Crippen LogP contribution in [0.1, 0.15) is 55.5 Å². The van der Waals surface area contributed by atoms with Crippen molar-refractivity contribution < 1.29 is 19.1 Å². The van der Waals surface area contributed by atoms with Gasteiger partial charge in [-0.05, 0) is 39.8 Å². The molecule has 0 saturated carbocycles. The molecule has 0 bridgehead atoms. The van der Waals surface area contributed by atoms with Gasteiger partial charge >= 0.3 is 0 Å². The molecule has 138 valence electrons. The largest absolute Gasteiger partial charge is 0.349 e. The molecule has 0 aliphatic heterocycles. The maximum absolute atomic E-state index is 13.2. The number of aromatic nitrogens is 1. The number of benzene rings is 1. The Morgan fingerprint density at radius 2 is 1.69 bits per heavy atom. The summed E-state index contributed by atoms with van der Waals surface area (Å²) >= 11 is 0. The summed E-state index contributed by atoms with van der Waals surface area (Å²) in [6.07, 6.45) is 0.948. The first-order valence-electron chi connectivity index (χ1n) is 8.58. The summed E-state index contributed by atoms with van der Waals surface area (Å²) in [5, 5.41) is 3.90. The molecule has 2 aromatic rings. The third kappa shape index (κ3) is 4.97. The molecule has 2 rings (SSSR count). The lowest BCUT2D eigenvalue weighted by Crippen LogP contribution is -2.15. The van der Waals surface area contributed by atoms with Gasteiger partial charge in [0.2, 0.25) is 0 Å². The summed E-state index contributed by atoms with van der Waals surface area (Å²) in [6, 6.07) is 10.6. The Kier molecular flexibility index (Phi) is 7.44. The van der Waals surface area contributed by atoms with Crippen LogP contribution in [-0.4, -0.2) is 29.7 Å². The van der Waals surface area contributed by atoms with E-state index in [0.29, 0.717) is 29.9 Å². The van der Waals surface area contributed by atoms with Gasteiger partial charge in [0.15, 0.2) is 12.1 Å². The highest BCUT2D eigenvalue weighted by atomic mass is 16.7. The minimum atomic E-state index is -0.609. The van der Waals surface area contributed by atoms with E-state index in [2.05, 4.69) is 10.1 Å². The summed E-state index contributed by atoms with van der Waals surface area (Å²) in [6.45, 7) is 8.31. The van der Waals surface area contributed by atoms with Crippen molar-refractivity contribution in [1.82, 2.24) is 4.98 Å². The lowest BCUT2D eigenvalue weighted by molar-refractivity contribution is -0.140. The zero-order chi connectivity index (χ0) is 18.9. The SMILES string of the molecule is CCOC(OCC)c1ccccc1C(=O)c1cccnc1ON=C(C)C. The molecule has 0 saturated heterocycles. The van der Waals surface area contributed by atoms with E-state index in [1.807, 2.05) is 26.0 Å². The van der Waals surface area contributed by atoms with Gasteiger partial charge in [0.05, 0.1) is 11.3 Å². The van der Waals surface area contributed by atoms with Crippen molar-refractivity contribution in [2.45, 2.75) is 34.0 Å². The van der Waals surface area contributed by atoms with Crippen molar-refractivity contribution in [3.63, 3.8) is 0 Å². The quantitative estimate of drug-likeness (QED) is 0.292. The number of carbonyl (C=O) groups excluding carboxylic acids is 1. The predicted molar refractivity (Wildman–Crippen MR) is 99.5 cm³/mol. The van der Waals surface area contributed by atoms with Gasteiger partial charge in [-0.3, -0.25) is 4.79 Å². The Balaban J connectivity index is 2.44. The van der Waals surface area contributed by atoms with Gasteiger partial charge in [0.1, 0.15) is 0 Å². The summed E-state index contributed by atoms with van der Waals surface area (Å²) < 4.78 is 11.3. The van der Waals surface area contributed by atoms with E-state index in [9.17, 15) is 4.79 Å². The zero-order valence-electron chi connectivity index (χ0n) is 15.6. The minimum Gasteiger partial charge on any atom is -0.349 e. The van der Waals surface area contributed by atoms with Crippen LogP contribution in [-0.2, 0) is 9.47 Å². The first-order valence-corrected chi connectivity index (χ1v) is 8.58. The van der Waals surface area contributed by atoms with Gasteiger partial charge in [-0.15, -0.1) is 0 Å². The van der Waals surface area contributed by atoms with Crippen LogP contribution in [0.5, 0.6) is 5.88 Å². The molecule has 0 amide bonds. The Labute approximate surface area is 153 Å². The second kappa shape index (κ2) is 9.79. The molecule has 0 aliphatic rings. The molecule has 6 nitrogen and oxygen atoms in total. The van der Waals surface area contributed by atoms with E-state index in [0.717, 1.165) is 5.71 Å². The third-order valence-corrected chi connectivity index (χ3v) is 3.43. The van der Waals surface area contributed by atoms with Crippen LogP contribution < -0.4 is 4.84 Å². The lowest BCUT2D eigenvalue weighted by atomic mass is 9.98. The second-order valence-corrected chi connectivity index (χ2v) is 5.64. The Morgan fingerprint density at radius 3 is 2.35 bits per heavy atom. The topological polar surface area (TPSA) is 70.0 Å². The lowest BCUT2D eigenvalue weighted by Gasteiger charge is -2.20. The molecule has 0 unspecified atom stereocenters. The molecule has 0 fully saturated rings.